The Bertz CT molecular complexity index is 1790. The maximum Gasteiger partial charge on any atom is 0.117 e. The van der Waals surface area contributed by atoms with Gasteiger partial charge in [0.2, 0.25) is 0 Å². The summed E-state index contributed by atoms with van der Waals surface area (Å²) in [5, 5.41) is 12.0. The fraction of sp³-hybridized carbons (Fsp3) is 0.956. The van der Waals surface area contributed by atoms with Crippen molar-refractivity contribution in [2.75, 3.05) is 70.0 Å². The van der Waals surface area contributed by atoms with E-state index >= 15 is 0 Å². The first-order valence-corrected chi connectivity index (χ1v) is 46.2. The molecule has 102 heavy (non-hydrogen) atoms. The van der Waals surface area contributed by atoms with Crippen LogP contribution in [-0.2, 0) is 6.54 Å². The zero-order chi connectivity index (χ0) is 76.5. The fourth-order valence-electron chi connectivity index (χ4n) is 17.1. The molecule has 3 N–H and O–H groups in total. The highest BCUT2D eigenvalue weighted by Crippen LogP contribution is 2.35. The van der Waals surface area contributed by atoms with Crippen LogP contribution in [-0.4, -0.2) is 136 Å². The average molecular weight is 1540 g/mol. The largest absolute Gasteiger partial charge is 0.468 e. The summed E-state index contributed by atoms with van der Waals surface area (Å²) in [6, 6.07) is 6.86. The molecular formula is C90H179Cl5N6O. The summed E-state index contributed by atoms with van der Waals surface area (Å²) in [7, 11) is 18.6. The van der Waals surface area contributed by atoms with Gasteiger partial charge in [0.1, 0.15) is 5.76 Å². The molecule has 10 aliphatic carbocycles. The van der Waals surface area contributed by atoms with Gasteiger partial charge in [-0.05, 0) is 270 Å². The van der Waals surface area contributed by atoms with Crippen molar-refractivity contribution in [3.8, 4) is 0 Å². The molecule has 0 bridgehead atoms. The molecule has 1 aromatic rings. The Morgan fingerprint density at radius 1 is 0.382 bits per heavy atom. The monoisotopic (exact) mass is 1540 g/mol. The average Bonchev–Trinajstić information content (AvgIpc) is 2.07. The quantitative estimate of drug-likeness (QED) is 0.161. The van der Waals surface area contributed by atoms with Gasteiger partial charge in [-0.25, -0.2) is 0 Å². The van der Waals surface area contributed by atoms with Gasteiger partial charge in [-0.15, -0.1) is 58.0 Å². The van der Waals surface area contributed by atoms with Gasteiger partial charge in [0, 0.05) is 51.1 Å². The van der Waals surface area contributed by atoms with Crippen LogP contribution in [0.1, 0.15) is 371 Å². The predicted octanol–water partition coefficient (Wildman–Crippen LogP) is 27.6. The highest BCUT2D eigenvalue weighted by atomic mass is 35.5. The second-order valence-corrected chi connectivity index (χ2v) is 37.5. The van der Waals surface area contributed by atoms with E-state index in [-0.39, 0.29) is 0 Å². The van der Waals surface area contributed by atoms with Crippen molar-refractivity contribution in [3.63, 3.8) is 0 Å². The van der Waals surface area contributed by atoms with Crippen LogP contribution in [0.25, 0.3) is 0 Å². The summed E-state index contributed by atoms with van der Waals surface area (Å²) in [4.78, 5) is 6.61. The topological polar surface area (TPSA) is 59.0 Å². The second kappa shape index (κ2) is 67.2. The first-order valence-electron chi connectivity index (χ1n) is 44.1. The lowest BCUT2D eigenvalue weighted by atomic mass is 9.79. The molecule has 14 atom stereocenters. The lowest BCUT2D eigenvalue weighted by Crippen LogP contribution is -2.29. The van der Waals surface area contributed by atoms with E-state index in [2.05, 4.69) is 142 Å². The predicted molar refractivity (Wildman–Crippen MR) is 464 cm³/mol. The number of alkyl halides is 5. The second-order valence-electron chi connectivity index (χ2n) is 34.6. The summed E-state index contributed by atoms with van der Waals surface area (Å²) in [5.74, 6) is 11.0. The van der Waals surface area contributed by atoms with Gasteiger partial charge in [0.15, 0.2) is 0 Å². The molecule has 0 saturated heterocycles. The van der Waals surface area contributed by atoms with Crippen LogP contribution in [0.5, 0.6) is 0 Å². The van der Waals surface area contributed by atoms with E-state index in [1.165, 1.54) is 289 Å². The van der Waals surface area contributed by atoms with Crippen LogP contribution in [0.2, 0.25) is 0 Å². The number of hydrogen-bond donors (Lipinski definition) is 3. The highest BCUT2D eigenvalue weighted by Gasteiger charge is 2.26. The molecule has 14 unspecified atom stereocenters. The summed E-state index contributed by atoms with van der Waals surface area (Å²) < 4.78 is 5.10. The van der Waals surface area contributed by atoms with E-state index in [9.17, 15) is 0 Å². The van der Waals surface area contributed by atoms with Gasteiger partial charge in [-0.2, -0.15) is 0 Å². The molecule has 0 aliphatic heterocycles. The van der Waals surface area contributed by atoms with Gasteiger partial charge < -0.3 is 35.1 Å². The number of nitrogens with zero attached hydrogens (tertiary/aromatic N) is 3. The van der Waals surface area contributed by atoms with Crippen LogP contribution in [0.3, 0.4) is 0 Å². The van der Waals surface area contributed by atoms with Gasteiger partial charge in [-0.3, -0.25) is 0 Å². The summed E-state index contributed by atoms with van der Waals surface area (Å²) in [6.45, 7) is 27.5. The molecule has 10 aliphatic rings. The standard InChI is InChI=1S/3C9H18.3C8H15Cl.C8H17N.C7H11NO.C7H15N.2C6H12ClN.C5H13N/c1-3-9-6-4-8(2)5-7-9;1-3-9-6-4-5-8(2)7-9;1-3-9-7-5-4-6-8(9)2;1-2-7-3-5-8(9)6-4-7;1-2-7-4-3-5-8(9)6-7;1-2-7-5-3-4-6-8(7)9;1-9(2)8-6-4-3-5-7-8;1-8(2)6-7-4-3-5-9-7;1-6-3-4-7(5-6)8-2;1-8-6-3-2-5(7)4-6;1-8-6-4-2-3-5(6)7;1-4-5-6(2)3/h3*8-9H,3-7H2,1-2H3;3*7-8H,2-6H2,1H3;8H,3-7H2,1-2H3;3-5H,6H2,1-2H3;6-8H,3-5H2,1-2H3;2*5-6,8H,2-4H2,1H3;4-5H2,1-3H3. The number of furan rings is 1. The molecule has 0 aromatic carbocycles. The van der Waals surface area contributed by atoms with Crippen LogP contribution in [0.15, 0.2) is 22.8 Å². The van der Waals surface area contributed by atoms with Crippen molar-refractivity contribution >= 4 is 58.0 Å². The molecule has 1 aromatic heterocycles. The molecule has 0 amide bonds. The maximum absolute atomic E-state index is 6.08. The van der Waals surface area contributed by atoms with Crippen molar-refractivity contribution in [2.45, 2.75) is 423 Å². The lowest BCUT2D eigenvalue weighted by Gasteiger charge is -2.27. The Labute approximate surface area is 664 Å². The third kappa shape index (κ3) is 55.0. The van der Waals surface area contributed by atoms with Crippen molar-refractivity contribution < 1.29 is 4.42 Å². The van der Waals surface area contributed by atoms with E-state index in [1.54, 1.807) is 6.26 Å². The van der Waals surface area contributed by atoms with E-state index in [4.69, 9.17) is 62.4 Å². The molecule has 7 nitrogen and oxygen atoms in total. The van der Waals surface area contributed by atoms with Crippen molar-refractivity contribution in [1.82, 2.24) is 30.7 Å². The molecular weight excluding hydrogens is 1360 g/mol. The third-order valence-electron chi connectivity index (χ3n) is 24.8. The summed E-state index contributed by atoms with van der Waals surface area (Å²) >= 11 is 29.8. The van der Waals surface area contributed by atoms with Crippen LogP contribution >= 0.6 is 58.0 Å². The SMILES string of the molecule is CCC1CCC(C)CC1.CCC1CCC(Cl)CC1.CCC1CCCC(C)C1.CCC1CCCC(Cl)C1.CCC1CCCCC1C.CCC1CCCCC1Cl.CCCN(C)C.CN(C)C1CCCCC1.CN(C)Cc1ccco1.CNC1CCC(C)C1.CNC1CCC(Cl)C1.CNC1CCCC1Cl. The number of nitrogens with one attached hydrogen (secondary N) is 3. The number of rotatable bonds is 14. The van der Waals surface area contributed by atoms with Gasteiger partial charge in [0.05, 0.1) is 12.8 Å². The van der Waals surface area contributed by atoms with Crippen LogP contribution < -0.4 is 16.0 Å². The smallest absolute Gasteiger partial charge is 0.117 e. The maximum atomic E-state index is 6.08. The number of halogens is 5. The van der Waals surface area contributed by atoms with Crippen LogP contribution in [0, 0.1) is 59.2 Å². The minimum Gasteiger partial charge on any atom is -0.468 e. The highest BCUT2D eigenvalue weighted by molar-refractivity contribution is 6.21. The van der Waals surface area contributed by atoms with Crippen molar-refractivity contribution in [2.24, 2.45) is 59.2 Å². The molecule has 11 rings (SSSR count). The van der Waals surface area contributed by atoms with Gasteiger partial charge in [-0.1, -0.05) is 237 Å². The fourth-order valence-corrected chi connectivity index (χ4v) is 18.9. The molecule has 12 heteroatoms. The van der Waals surface area contributed by atoms with E-state index in [1.807, 2.05) is 40.3 Å². The van der Waals surface area contributed by atoms with Crippen LogP contribution in [0.4, 0.5) is 0 Å². The Balaban J connectivity index is 0.00000109. The van der Waals surface area contributed by atoms with Crippen molar-refractivity contribution in [3.05, 3.63) is 24.2 Å². The van der Waals surface area contributed by atoms with E-state index in [0.29, 0.717) is 39.0 Å². The molecule has 0 radical (unpaired) electrons. The molecule has 610 valence electrons. The molecule has 1 heterocycles. The first-order chi connectivity index (χ1) is 48.8. The Morgan fingerprint density at radius 3 is 1.19 bits per heavy atom. The summed E-state index contributed by atoms with van der Waals surface area (Å²) in [5.41, 5.74) is 0. The zero-order valence-corrected chi connectivity index (χ0v) is 75.4. The molecule has 10 fully saturated rings. The van der Waals surface area contributed by atoms with Gasteiger partial charge >= 0.3 is 0 Å². The first kappa shape index (κ1) is 102. The molecule has 10 saturated carbocycles. The Hall–Kier alpha value is 0.490. The number of hydrogen-bond acceptors (Lipinski definition) is 7. The zero-order valence-electron chi connectivity index (χ0n) is 71.6. The summed E-state index contributed by atoms with van der Waals surface area (Å²) in [6.07, 6.45) is 63.6. The van der Waals surface area contributed by atoms with Gasteiger partial charge in [0.25, 0.3) is 0 Å². The molecule has 0 spiro atoms. The lowest BCUT2D eigenvalue weighted by molar-refractivity contribution is 0.229. The third-order valence-corrected chi connectivity index (χ3v) is 27.2. The van der Waals surface area contributed by atoms with E-state index < -0.39 is 0 Å². The minimum atomic E-state index is 0.389. The van der Waals surface area contributed by atoms with Crippen molar-refractivity contribution in [1.29, 1.82) is 0 Å². The Kier molecular flexibility index (Phi) is 67.5. The normalized spacial score (nSPS) is 32.0. The minimum absolute atomic E-state index is 0.389. The Morgan fingerprint density at radius 2 is 0.853 bits per heavy atom. The van der Waals surface area contributed by atoms with E-state index in [0.717, 1.165) is 90.0 Å².